The monoisotopic (exact) mass is 532 g/mol. The minimum absolute atomic E-state index is 0.00916. The van der Waals surface area contributed by atoms with Crippen LogP contribution in [0.2, 0.25) is 0 Å². The van der Waals surface area contributed by atoms with E-state index in [1.807, 2.05) is 44.2 Å². The number of carbonyl (C=O) groups is 1. The van der Waals surface area contributed by atoms with Crippen LogP contribution in [0.15, 0.2) is 46.3 Å². The van der Waals surface area contributed by atoms with Crippen molar-refractivity contribution in [3.05, 3.63) is 64.3 Å². The molecule has 10 heteroatoms. The summed E-state index contributed by atoms with van der Waals surface area (Å²) < 4.78 is 57.7. The van der Waals surface area contributed by atoms with Crippen LogP contribution in [0.4, 0.5) is 13.2 Å². The van der Waals surface area contributed by atoms with Crippen LogP contribution < -0.4 is 4.74 Å². The van der Waals surface area contributed by atoms with Crippen molar-refractivity contribution in [2.75, 3.05) is 6.61 Å². The number of benzene rings is 2. The Hall–Kier alpha value is -3.40. The third kappa shape index (κ3) is 5.64. The molecular formula is C27H27F3N2O4S. The van der Waals surface area contributed by atoms with Gasteiger partial charge in [0.2, 0.25) is 6.10 Å². The number of alkyl halides is 3. The number of aryl methyl sites for hydroxylation is 2. The predicted octanol–water partition coefficient (Wildman–Crippen LogP) is 7.56. The summed E-state index contributed by atoms with van der Waals surface area (Å²) in [4.78, 5) is 17.7. The van der Waals surface area contributed by atoms with E-state index in [4.69, 9.17) is 14.0 Å². The van der Waals surface area contributed by atoms with Crippen LogP contribution in [-0.4, -0.2) is 22.7 Å². The number of halogens is 3. The number of aromatic nitrogens is 2. The van der Waals surface area contributed by atoms with Crippen molar-refractivity contribution in [1.29, 1.82) is 0 Å². The molecule has 4 rings (SSSR count). The zero-order chi connectivity index (χ0) is 26.6. The van der Waals surface area contributed by atoms with Gasteiger partial charge in [0.25, 0.3) is 0 Å². The van der Waals surface area contributed by atoms with E-state index in [0.717, 1.165) is 5.56 Å². The summed E-state index contributed by atoms with van der Waals surface area (Å²) in [7, 11) is 0. The Morgan fingerprint density at radius 1 is 1.11 bits per heavy atom. The van der Waals surface area contributed by atoms with E-state index < -0.39 is 23.9 Å². The molecule has 196 valence electrons. The molecule has 37 heavy (non-hydrogen) atoms. The van der Waals surface area contributed by atoms with Crippen molar-refractivity contribution >= 4 is 28.3 Å². The maximum absolute atomic E-state index is 13.6. The van der Waals surface area contributed by atoms with Gasteiger partial charge in [-0.05, 0) is 31.4 Å². The first-order valence-corrected chi connectivity index (χ1v) is 13.0. The smallest absolute Gasteiger partial charge is 0.437 e. The summed E-state index contributed by atoms with van der Waals surface area (Å²) >= 11 is 1.36. The fraction of sp³-hybridized carbons (Fsp3) is 0.370. The quantitative estimate of drug-likeness (QED) is 0.196. The van der Waals surface area contributed by atoms with Crippen LogP contribution >= 0.6 is 11.3 Å². The van der Waals surface area contributed by atoms with Gasteiger partial charge in [0.1, 0.15) is 16.5 Å². The molecule has 2 aromatic carbocycles. The van der Waals surface area contributed by atoms with Crippen molar-refractivity contribution in [2.45, 2.75) is 58.7 Å². The predicted molar refractivity (Wildman–Crippen MR) is 135 cm³/mol. The van der Waals surface area contributed by atoms with Crippen LogP contribution in [-0.2, 0) is 28.5 Å². The maximum atomic E-state index is 13.6. The number of nitrogens with zero attached hydrogens (tertiary/aromatic N) is 2. The standard InChI is InChI=1S/C27H27F3N2O4S/c1-4-10-17-14-19-22(36-32-24(19)27(28,29)30)18(11-5-2)21(17)35-23(26(33)34-6-3)20-15-37-25(31-20)16-12-8-7-9-13-16/h7-9,12-15,23H,4-6,10-11H2,1-3H3. The molecule has 4 aromatic rings. The normalized spacial score (nSPS) is 12.6. The molecule has 0 fully saturated rings. The van der Waals surface area contributed by atoms with Crippen LogP contribution in [0, 0.1) is 0 Å². The third-order valence-corrected chi connectivity index (χ3v) is 6.63. The number of rotatable bonds is 10. The van der Waals surface area contributed by atoms with Crippen LogP contribution in [0.3, 0.4) is 0 Å². The Labute approximate surface area is 216 Å². The molecule has 1 atom stereocenters. The van der Waals surface area contributed by atoms with Gasteiger partial charge in [-0.15, -0.1) is 11.3 Å². The third-order valence-electron chi connectivity index (χ3n) is 5.72. The molecule has 0 N–H and O–H groups in total. The Bertz CT molecular complexity index is 1370. The van der Waals surface area contributed by atoms with E-state index in [0.29, 0.717) is 53.3 Å². The maximum Gasteiger partial charge on any atom is 0.437 e. The number of esters is 1. The molecule has 0 saturated carbocycles. The second kappa shape index (κ2) is 11.3. The summed E-state index contributed by atoms with van der Waals surface area (Å²) in [5.74, 6) is -0.320. The number of thiazole rings is 1. The largest absolute Gasteiger partial charge is 0.472 e. The SMILES string of the molecule is CCCc1cc2c(C(F)(F)F)noc2c(CCC)c1OC(C(=O)OCC)c1csc(-c2ccccc2)n1. The van der Waals surface area contributed by atoms with Gasteiger partial charge in [-0.2, -0.15) is 13.2 Å². The van der Waals surface area contributed by atoms with Crippen molar-refractivity contribution in [2.24, 2.45) is 0 Å². The second-order valence-electron chi connectivity index (χ2n) is 8.44. The summed E-state index contributed by atoms with van der Waals surface area (Å²) in [6, 6.07) is 10.9. The molecule has 1 unspecified atom stereocenters. The first-order valence-electron chi connectivity index (χ1n) is 12.1. The number of hydrogen-bond donors (Lipinski definition) is 0. The molecule has 2 heterocycles. The van der Waals surface area contributed by atoms with E-state index in [9.17, 15) is 18.0 Å². The Morgan fingerprint density at radius 3 is 2.49 bits per heavy atom. The van der Waals surface area contributed by atoms with Gasteiger partial charge in [0.15, 0.2) is 11.3 Å². The first kappa shape index (κ1) is 26.7. The molecule has 0 aliphatic rings. The summed E-state index contributed by atoms with van der Waals surface area (Å²) in [5, 5.41) is 5.66. The highest BCUT2D eigenvalue weighted by molar-refractivity contribution is 7.13. The second-order valence-corrected chi connectivity index (χ2v) is 9.30. The lowest BCUT2D eigenvalue weighted by molar-refractivity contribution is -0.152. The van der Waals surface area contributed by atoms with E-state index in [1.54, 1.807) is 12.3 Å². The summed E-state index contributed by atoms with van der Waals surface area (Å²) in [5.41, 5.74) is 1.18. The number of ether oxygens (including phenoxy) is 2. The fourth-order valence-electron chi connectivity index (χ4n) is 4.15. The number of fused-ring (bicyclic) bond motifs is 1. The van der Waals surface area contributed by atoms with Gasteiger partial charge in [0, 0.05) is 16.5 Å². The van der Waals surface area contributed by atoms with Gasteiger partial charge in [-0.1, -0.05) is 62.2 Å². The van der Waals surface area contributed by atoms with Crippen molar-refractivity contribution in [1.82, 2.24) is 10.1 Å². The van der Waals surface area contributed by atoms with Crippen LogP contribution in [0.5, 0.6) is 5.75 Å². The lowest BCUT2D eigenvalue weighted by Gasteiger charge is -2.21. The van der Waals surface area contributed by atoms with Gasteiger partial charge >= 0.3 is 12.1 Å². The summed E-state index contributed by atoms with van der Waals surface area (Å²) in [6.07, 6.45) is -3.80. The van der Waals surface area contributed by atoms with E-state index >= 15 is 0 Å². The molecule has 0 spiro atoms. The van der Waals surface area contributed by atoms with E-state index in [2.05, 4.69) is 10.1 Å². The lowest BCUT2D eigenvalue weighted by atomic mass is 9.97. The highest BCUT2D eigenvalue weighted by Crippen LogP contribution is 2.42. The molecule has 0 aliphatic carbocycles. The van der Waals surface area contributed by atoms with E-state index in [-0.39, 0.29) is 17.6 Å². The lowest BCUT2D eigenvalue weighted by Crippen LogP contribution is -2.23. The molecular weight excluding hydrogens is 505 g/mol. The molecule has 0 bridgehead atoms. The van der Waals surface area contributed by atoms with E-state index in [1.165, 1.54) is 17.4 Å². The molecule has 0 saturated heterocycles. The average Bonchev–Trinajstić information content (AvgIpc) is 3.52. The first-order chi connectivity index (χ1) is 17.8. The van der Waals surface area contributed by atoms with Gasteiger partial charge < -0.3 is 14.0 Å². The minimum atomic E-state index is -4.66. The van der Waals surface area contributed by atoms with Gasteiger partial charge in [0.05, 0.1) is 12.0 Å². The van der Waals surface area contributed by atoms with Crippen LogP contribution in [0.25, 0.3) is 21.5 Å². The molecule has 2 aromatic heterocycles. The highest BCUT2D eigenvalue weighted by atomic mass is 32.1. The molecule has 0 amide bonds. The zero-order valence-electron chi connectivity index (χ0n) is 20.7. The Balaban J connectivity index is 1.85. The minimum Gasteiger partial charge on any atom is -0.472 e. The van der Waals surface area contributed by atoms with Gasteiger partial charge in [-0.25, -0.2) is 9.78 Å². The molecule has 0 radical (unpaired) electrons. The number of carbonyl (C=O) groups excluding carboxylic acids is 1. The molecule has 6 nitrogen and oxygen atoms in total. The van der Waals surface area contributed by atoms with Gasteiger partial charge in [-0.3, -0.25) is 0 Å². The molecule has 0 aliphatic heterocycles. The topological polar surface area (TPSA) is 74.5 Å². The van der Waals surface area contributed by atoms with Crippen LogP contribution in [0.1, 0.15) is 62.2 Å². The van der Waals surface area contributed by atoms with Crippen molar-refractivity contribution in [3.8, 4) is 16.3 Å². The van der Waals surface area contributed by atoms with Crippen molar-refractivity contribution in [3.63, 3.8) is 0 Å². The summed E-state index contributed by atoms with van der Waals surface area (Å²) in [6.45, 7) is 5.64. The Kier molecular flexibility index (Phi) is 8.16. The number of hydrogen-bond acceptors (Lipinski definition) is 7. The highest BCUT2D eigenvalue weighted by Gasteiger charge is 2.39. The Morgan fingerprint density at radius 2 is 1.84 bits per heavy atom. The van der Waals surface area contributed by atoms with Crippen molar-refractivity contribution < 1.29 is 32.0 Å². The average molecular weight is 533 g/mol. The zero-order valence-corrected chi connectivity index (χ0v) is 21.5. The fourth-order valence-corrected chi connectivity index (χ4v) is 4.99.